The van der Waals surface area contributed by atoms with Gasteiger partial charge in [0.05, 0.1) is 36.9 Å². The van der Waals surface area contributed by atoms with E-state index >= 15 is 0 Å². The molecule has 0 aromatic heterocycles. The zero-order chi connectivity index (χ0) is 24.6. The lowest BCUT2D eigenvalue weighted by Gasteiger charge is -2.38. The fraction of sp³-hybridized carbons (Fsp3) is 0.500. The van der Waals surface area contributed by atoms with Crippen molar-refractivity contribution in [3.63, 3.8) is 0 Å². The van der Waals surface area contributed by atoms with Gasteiger partial charge in [-0.25, -0.2) is 9.79 Å². The molecule has 0 saturated carbocycles. The van der Waals surface area contributed by atoms with E-state index in [4.69, 9.17) is 14.5 Å². The third-order valence-electron chi connectivity index (χ3n) is 6.04. The zero-order valence-corrected chi connectivity index (χ0v) is 21.6. The SMILES string of the molecule is CC1=C(C(=O)OC(C)(C)C)C(c2cc(C)ccc2C)N2C(CC(=O)N3CCOCC3)=CSC2=N1. The number of allylic oxidation sites excluding steroid dienone is 1. The summed E-state index contributed by atoms with van der Waals surface area (Å²) in [6.07, 6.45) is 0.244. The molecule has 1 saturated heterocycles. The highest BCUT2D eigenvalue weighted by Gasteiger charge is 2.42. The number of amidine groups is 1. The Kier molecular flexibility index (Phi) is 6.92. The minimum Gasteiger partial charge on any atom is -0.456 e. The number of thioether (sulfide) groups is 1. The molecule has 3 aliphatic heterocycles. The fourth-order valence-electron chi connectivity index (χ4n) is 4.39. The summed E-state index contributed by atoms with van der Waals surface area (Å²) in [5.74, 6) is -0.323. The Hall–Kier alpha value is -2.58. The number of aliphatic imine (C=N–C) groups is 1. The molecule has 0 bridgehead atoms. The highest BCUT2D eigenvalue weighted by Crippen LogP contribution is 2.46. The summed E-state index contributed by atoms with van der Waals surface area (Å²) in [5.41, 5.74) is 4.56. The number of benzene rings is 1. The van der Waals surface area contributed by atoms with Gasteiger partial charge in [-0.3, -0.25) is 4.79 Å². The second-order valence-electron chi connectivity index (χ2n) is 9.92. The van der Waals surface area contributed by atoms with Gasteiger partial charge in [0.25, 0.3) is 0 Å². The van der Waals surface area contributed by atoms with Crippen molar-refractivity contribution in [2.24, 2.45) is 4.99 Å². The van der Waals surface area contributed by atoms with Crippen molar-refractivity contribution in [1.82, 2.24) is 9.80 Å². The largest absolute Gasteiger partial charge is 0.456 e. The van der Waals surface area contributed by atoms with Gasteiger partial charge in [-0.15, -0.1) is 0 Å². The van der Waals surface area contributed by atoms with Crippen LogP contribution in [0.3, 0.4) is 0 Å². The molecule has 3 aliphatic rings. The smallest absolute Gasteiger partial charge is 0.338 e. The van der Waals surface area contributed by atoms with E-state index in [1.54, 1.807) is 0 Å². The molecule has 8 heteroatoms. The third-order valence-corrected chi connectivity index (χ3v) is 6.93. The van der Waals surface area contributed by atoms with Crippen LogP contribution in [-0.4, -0.2) is 58.7 Å². The van der Waals surface area contributed by atoms with Crippen LogP contribution in [0, 0.1) is 13.8 Å². The Bertz CT molecular complexity index is 1090. The van der Waals surface area contributed by atoms with Gasteiger partial charge in [-0.05, 0) is 58.1 Å². The molecule has 0 aliphatic carbocycles. The molecule has 1 fully saturated rings. The number of fused-ring (bicyclic) bond motifs is 1. The van der Waals surface area contributed by atoms with Crippen molar-refractivity contribution in [3.05, 3.63) is 57.3 Å². The molecule has 1 amide bonds. The number of ether oxygens (including phenoxy) is 2. The molecule has 1 atom stereocenters. The summed E-state index contributed by atoms with van der Waals surface area (Å²) >= 11 is 1.49. The molecule has 7 nitrogen and oxygen atoms in total. The standard InChI is InChI=1S/C26H33N3O4S/c1-16-7-8-17(2)20(13-16)23-22(24(31)33-26(4,5)6)18(3)27-25-29(23)19(15-34-25)14-21(30)28-9-11-32-12-10-28/h7-8,13,15,23H,9-12,14H2,1-6H3. The highest BCUT2D eigenvalue weighted by molar-refractivity contribution is 8.16. The highest BCUT2D eigenvalue weighted by atomic mass is 32.2. The van der Waals surface area contributed by atoms with E-state index in [1.807, 2.05) is 51.9 Å². The number of rotatable bonds is 4. The van der Waals surface area contributed by atoms with E-state index < -0.39 is 11.6 Å². The maximum Gasteiger partial charge on any atom is 0.338 e. The monoisotopic (exact) mass is 483 g/mol. The van der Waals surface area contributed by atoms with Crippen LogP contribution in [-0.2, 0) is 19.1 Å². The van der Waals surface area contributed by atoms with Gasteiger partial charge in [0.1, 0.15) is 5.60 Å². The number of esters is 1. The van der Waals surface area contributed by atoms with Crippen LogP contribution in [0.2, 0.25) is 0 Å². The Morgan fingerprint density at radius 1 is 1.18 bits per heavy atom. The Morgan fingerprint density at radius 2 is 1.88 bits per heavy atom. The number of amides is 1. The first-order chi connectivity index (χ1) is 16.0. The van der Waals surface area contributed by atoms with Crippen molar-refractivity contribution >= 4 is 28.8 Å². The first-order valence-electron chi connectivity index (χ1n) is 11.7. The van der Waals surface area contributed by atoms with Gasteiger partial charge in [0.2, 0.25) is 5.91 Å². The van der Waals surface area contributed by atoms with E-state index in [2.05, 4.69) is 23.1 Å². The zero-order valence-electron chi connectivity index (χ0n) is 20.8. The van der Waals surface area contributed by atoms with Gasteiger partial charge < -0.3 is 19.3 Å². The third kappa shape index (κ3) is 5.08. The Balaban J connectivity index is 1.75. The second kappa shape index (κ2) is 9.58. The minimum atomic E-state index is -0.634. The van der Waals surface area contributed by atoms with Crippen LogP contribution in [0.15, 0.2) is 45.6 Å². The lowest BCUT2D eigenvalue weighted by molar-refractivity contribution is -0.150. The molecular weight excluding hydrogens is 450 g/mol. The van der Waals surface area contributed by atoms with E-state index in [1.165, 1.54) is 11.8 Å². The molecule has 1 unspecified atom stereocenters. The van der Waals surface area contributed by atoms with Crippen LogP contribution in [0.1, 0.15) is 56.8 Å². The summed E-state index contributed by atoms with van der Waals surface area (Å²) in [4.78, 5) is 35.2. The van der Waals surface area contributed by atoms with Gasteiger partial charge in [0, 0.05) is 18.8 Å². The van der Waals surface area contributed by atoms with Crippen molar-refractivity contribution in [3.8, 4) is 0 Å². The number of nitrogens with zero attached hydrogens (tertiary/aromatic N) is 3. The predicted octanol–water partition coefficient (Wildman–Crippen LogP) is 4.47. The number of morpholine rings is 1. The lowest BCUT2D eigenvalue weighted by Crippen LogP contribution is -2.43. The van der Waals surface area contributed by atoms with Crippen LogP contribution in [0.4, 0.5) is 0 Å². The summed E-state index contributed by atoms with van der Waals surface area (Å²) in [7, 11) is 0. The lowest BCUT2D eigenvalue weighted by atomic mass is 9.89. The van der Waals surface area contributed by atoms with Gasteiger partial charge in [0.15, 0.2) is 5.17 Å². The van der Waals surface area contributed by atoms with Crippen molar-refractivity contribution in [2.45, 2.75) is 59.6 Å². The van der Waals surface area contributed by atoms with Gasteiger partial charge in [-0.1, -0.05) is 35.5 Å². The molecule has 4 rings (SSSR count). The number of carbonyl (C=O) groups is 2. The number of hydrogen-bond acceptors (Lipinski definition) is 7. The number of carbonyl (C=O) groups excluding carboxylic acids is 2. The summed E-state index contributed by atoms with van der Waals surface area (Å²) in [5, 5.41) is 2.76. The van der Waals surface area contributed by atoms with Gasteiger partial charge >= 0.3 is 5.97 Å². The molecule has 34 heavy (non-hydrogen) atoms. The van der Waals surface area contributed by atoms with E-state index in [9.17, 15) is 9.59 Å². The number of hydrogen-bond donors (Lipinski definition) is 0. The van der Waals surface area contributed by atoms with Crippen LogP contribution in [0.25, 0.3) is 0 Å². The minimum absolute atomic E-state index is 0.0567. The molecule has 0 N–H and O–H groups in total. The Morgan fingerprint density at radius 3 is 2.56 bits per heavy atom. The molecular formula is C26H33N3O4S. The van der Waals surface area contributed by atoms with Crippen LogP contribution < -0.4 is 0 Å². The molecule has 0 spiro atoms. The molecule has 1 aromatic carbocycles. The quantitative estimate of drug-likeness (QED) is 0.589. The van der Waals surface area contributed by atoms with Crippen LogP contribution in [0.5, 0.6) is 0 Å². The molecule has 1 aromatic rings. The average Bonchev–Trinajstić information content (AvgIpc) is 3.15. The summed E-state index contributed by atoms with van der Waals surface area (Å²) in [6, 6.07) is 5.84. The average molecular weight is 484 g/mol. The maximum absolute atomic E-state index is 13.5. The second-order valence-corrected chi connectivity index (χ2v) is 10.8. The van der Waals surface area contributed by atoms with Crippen molar-refractivity contribution in [2.75, 3.05) is 26.3 Å². The summed E-state index contributed by atoms with van der Waals surface area (Å²) < 4.78 is 11.2. The molecule has 3 heterocycles. The van der Waals surface area contributed by atoms with E-state index in [-0.39, 0.29) is 18.3 Å². The number of aryl methyl sites for hydroxylation is 2. The first-order valence-corrected chi connectivity index (χ1v) is 12.5. The van der Waals surface area contributed by atoms with Crippen molar-refractivity contribution in [1.29, 1.82) is 0 Å². The molecule has 182 valence electrons. The van der Waals surface area contributed by atoms with E-state index in [0.717, 1.165) is 27.6 Å². The van der Waals surface area contributed by atoms with Gasteiger partial charge in [-0.2, -0.15) is 0 Å². The molecule has 0 radical (unpaired) electrons. The van der Waals surface area contributed by atoms with E-state index in [0.29, 0.717) is 37.6 Å². The first kappa shape index (κ1) is 24.5. The van der Waals surface area contributed by atoms with Crippen LogP contribution >= 0.6 is 11.8 Å². The summed E-state index contributed by atoms with van der Waals surface area (Å²) in [6.45, 7) is 13.9. The Labute approximate surface area is 205 Å². The van der Waals surface area contributed by atoms with Crippen molar-refractivity contribution < 1.29 is 19.1 Å². The normalized spacial score (nSPS) is 20.7. The topological polar surface area (TPSA) is 71.4 Å². The predicted molar refractivity (Wildman–Crippen MR) is 134 cm³/mol. The maximum atomic E-state index is 13.5. The fourth-order valence-corrected chi connectivity index (χ4v) is 5.36.